The number of hydrogen-bond donors (Lipinski definition) is 1. The number of hydrogen-bond acceptors (Lipinski definition) is 7. The van der Waals surface area contributed by atoms with Crippen molar-refractivity contribution < 1.29 is 33.3 Å². The highest BCUT2D eigenvalue weighted by atomic mass is 28.4. The van der Waals surface area contributed by atoms with Crippen LogP contribution in [0.5, 0.6) is 0 Å². The summed E-state index contributed by atoms with van der Waals surface area (Å²) in [6, 6.07) is -0.585. The van der Waals surface area contributed by atoms with Gasteiger partial charge in [-0.2, -0.15) is 0 Å². The highest BCUT2D eigenvalue weighted by Gasteiger charge is 2.50. The van der Waals surface area contributed by atoms with E-state index >= 15 is 0 Å². The van der Waals surface area contributed by atoms with Crippen LogP contribution >= 0.6 is 0 Å². The van der Waals surface area contributed by atoms with Gasteiger partial charge in [-0.3, -0.25) is 4.90 Å². The van der Waals surface area contributed by atoms with Crippen LogP contribution < -0.4 is 0 Å². The fourth-order valence-electron chi connectivity index (χ4n) is 5.60. The number of aliphatic hydroxyl groups excluding tert-OH is 1. The van der Waals surface area contributed by atoms with Gasteiger partial charge < -0.3 is 23.7 Å². The molecular weight excluding hydrogens is 490 g/mol. The molecule has 1 aliphatic heterocycles. The SMILES string of the molecule is CCOC(=O)C=CC[C@H](C[C@@H](O)[C@@H]1COC(C)(C)N1C(=O)OC(C)(C)C)O[Si](C(C)C)(C(C)C)C(C)C. The molecule has 0 aromatic heterocycles. The summed E-state index contributed by atoms with van der Waals surface area (Å²) in [4.78, 5) is 26.5. The number of nitrogens with zero attached hydrogens (tertiary/aromatic N) is 1. The van der Waals surface area contributed by atoms with Gasteiger partial charge in [-0.15, -0.1) is 0 Å². The molecule has 3 atom stereocenters. The molecule has 216 valence electrons. The Labute approximate surface area is 226 Å². The number of aliphatic hydroxyl groups is 1. The molecule has 37 heavy (non-hydrogen) atoms. The first-order valence-corrected chi connectivity index (χ1v) is 15.9. The molecule has 0 aliphatic carbocycles. The largest absolute Gasteiger partial charge is 0.463 e. The normalized spacial score (nSPS) is 20.2. The molecule has 0 radical (unpaired) electrons. The minimum Gasteiger partial charge on any atom is -0.463 e. The Morgan fingerprint density at radius 1 is 1.11 bits per heavy atom. The van der Waals surface area contributed by atoms with E-state index in [1.165, 1.54) is 11.0 Å². The summed E-state index contributed by atoms with van der Waals surface area (Å²) in [5, 5.41) is 11.5. The maximum atomic E-state index is 13.1. The molecule has 0 aromatic carbocycles. The highest BCUT2D eigenvalue weighted by molar-refractivity contribution is 6.77. The van der Waals surface area contributed by atoms with Gasteiger partial charge in [-0.25, -0.2) is 9.59 Å². The highest BCUT2D eigenvalue weighted by Crippen LogP contribution is 2.44. The quantitative estimate of drug-likeness (QED) is 0.178. The molecule has 1 saturated heterocycles. The van der Waals surface area contributed by atoms with Crippen LogP contribution in [0.25, 0.3) is 0 Å². The molecule has 1 rings (SSSR count). The molecule has 1 N–H and O–H groups in total. The maximum Gasteiger partial charge on any atom is 0.412 e. The smallest absolute Gasteiger partial charge is 0.412 e. The maximum absolute atomic E-state index is 13.1. The third-order valence-electron chi connectivity index (χ3n) is 7.08. The van der Waals surface area contributed by atoms with E-state index in [1.807, 2.05) is 20.8 Å². The molecule has 0 saturated carbocycles. The Balaban J connectivity index is 3.27. The summed E-state index contributed by atoms with van der Waals surface area (Å²) in [6.07, 6.45) is 2.14. The first kappa shape index (κ1) is 33.6. The van der Waals surface area contributed by atoms with E-state index in [9.17, 15) is 14.7 Å². The van der Waals surface area contributed by atoms with Crippen LogP contribution in [0.15, 0.2) is 12.2 Å². The van der Waals surface area contributed by atoms with Crippen molar-refractivity contribution in [3.8, 4) is 0 Å². The van der Waals surface area contributed by atoms with Crippen molar-refractivity contribution >= 4 is 20.4 Å². The van der Waals surface area contributed by atoms with Crippen molar-refractivity contribution in [2.75, 3.05) is 13.2 Å². The van der Waals surface area contributed by atoms with Gasteiger partial charge in [0, 0.05) is 12.5 Å². The van der Waals surface area contributed by atoms with Crippen molar-refractivity contribution in [1.29, 1.82) is 0 Å². The Morgan fingerprint density at radius 3 is 2.11 bits per heavy atom. The molecule has 0 unspecified atom stereocenters. The van der Waals surface area contributed by atoms with E-state index < -0.39 is 43.9 Å². The topological polar surface area (TPSA) is 94.5 Å². The van der Waals surface area contributed by atoms with E-state index in [4.69, 9.17) is 18.6 Å². The van der Waals surface area contributed by atoms with Gasteiger partial charge in [0.15, 0.2) is 0 Å². The fraction of sp³-hybridized carbons (Fsp3) is 0.857. The van der Waals surface area contributed by atoms with Crippen LogP contribution in [0.2, 0.25) is 16.6 Å². The van der Waals surface area contributed by atoms with Gasteiger partial charge in [0.1, 0.15) is 11.3 Å². The summed E-state index contributed by atoms with van der Waals surface area (Å²) in [5.41, 5.74) is -0.527. The first-order valence-electron chi connectivity index (χ1n) is 13.7. The van der Waals surface area contributed by atoms with Crippen LogP contribution in [-0.2, 0) is 23.4 Å². The average Bonchev–Trinajstić information content (AvgIpc) is 3.05. The monoisotopic (exact) mass is 543 g/mol. The standard InChI is InChI=1S/C28H53NO7Si/c1-13-33-25(31)16-14-15-22(36-37(19(2)3,20(4)5)21(6)7)17-24(30)23-18-34-28(11,12)29(23)26(32)35-27(8,9)10/h14,16,19-24,30H,13,15,17-18H2,1-12H3/t22-,23+,24-/m1/s1. The molecule has 8 nitrogen and oxygen atoms in total. The number of carbonyl (C=O) groups is 2. The molecule has 1 amide bonds. The predicted octanol–water partition coefficient (Wildman–Crippen LogP) is 6.18. The molecule has 1 heterocycles. The Morgan fingerprint density at radius 2 is 1.65 bits per heavy atom. The van der Waals surface area contributed by atoms with Crippen molar-refractivity contribution in [3.63, 3.8) is 0 Å². The molecule has 1 aliphatic rings. The number of esters is 1. The van der Waals surface area contributed by atoms with Gasteiger partial charge in [0.05, 0.1) is 31.5 Å². The van der Waals surface area contributed by atoms with Crippen LogP contribution in [0.3, 0.4) is 0 Å². The van der Waals surface area contributed by atoms with Crippen molar-refractivity contribution in [3.05, 3.63) is 12.2 Å². The van der Waals surface area contributed by atoms with Crippen LogP contribution in [0, 0.1) is 0 Å². The zero-order valence-corrected chi connectivity index (χ0v) is 26.3. The number of carbonyl (C=O) groups excluding carboxylic acids is 2. The minimum absolute atomic E-state index is 0.194. The van der Waals surface area contributed by atoms with Gasteiger partial charge >= 0.3 is 12.1 Å². The Bertz CT molecular complexity index is 751. The summed E-state index contributed by atoms with van der Waals surface area (Å²) >= 11 is 0. The molecule has 1 fully saturated rings. The lowest BCUT2D eigenvalue weighted by molar-refractivity contribution is -0.137. The van der Waals surface area contributed by atoms with Crippen LogP contribution in [0.1, 0.15) is 95.9 Å². The van der Waals surface area contributed by atoms with E-state index in [0.29, 0.717) is 29.7 Å². The lowest BCUT2D eigenvalue weighted by Gasteiger charge is -2.45. The third kappa shape index (κ3) is 9.08. The summed E-state index contributed by atoms with van der Waals surface area (Å²) in [7, 11) is -2.29. The molecule has 9 heteroatoms. The van der Waals surface area contributed by atoms with Crippen molar-refractivity contribution in [2.45, 2.75) is 142 Å². The van der Waals surface area contributed by atoms with E-state index in [0.717, 1.165) is 0 Å². The predicted molar refractivity (Wildman–Crippen MR) is 149 cm³/mol. The van der Waals surface area contributed by atoms with Crippen molar-refractivity contribution in [2.24, 2.45) is 0 Å². The Kier molecular flexibility index (Phi) is 12.3. The van der Waals surface area contributed by atoms with Crippen molar-refractivity contribution in [1.82, 2.24) is 4.90 Å². The van der Waals surface area contributed by atoms with Gasteiger partial charge in [0.2, 0.25) is 8.32 Å². The lowest BCUT2D eigenvalue weighted by Crippen LogP contribution is -2.54. The Hall–Kier alpha value is -1.42. The number of rotatable bonds is 12. The van der Waals surface area contributed by atoms with E-state index in [-0.39, 0.29) is 19.1 Å². The molecule has 0 bridgehead atoms. The fourth-order valence-corrected chi connectivity index (χ4v) is 11.2. The zero-order valence-electron chi connectivity index (χ0n) is 25.3. The molecular formula is C28H53NO7Si. The van der Waals surface area contributed by atoms with Gasteiger partial charge in [0.25, 0.3) is 0 Å². The summed E-state index contributed by atoms with van der Waals surface area (Å²) in [6.45, 7) is 24.6. The molecule has 0 spiro atoms. The van der Waals surface area contributed by atoms with Gasteiger partial charge in [-0.1, -0.05) is 47.6 Å². The second-order valence-corrected chi connectivity index (χ2v) is 17.8. The number of amides is 1. The van der Waals surface area contributed by atoms with Gasteiger partial charge in [-0.05, 0) is 64.6 Å². The molecule has 0 aromatic rings. The van der Waals surface area contributed by atoms with E-state index in [2.05, 4.69) is 41.5 Å². The summed E-state index contributed by atoms with van der Waals surface area (Å²) < 4.78 is 23.6. The average molecular weight is 544 g/mol. The minimum atomic E-state index is -2.29. The zero-order chi connectivity index (χ0) is 28.8. The lowest BCUT2D eigenvalue weighted by atomic mass is 10.0. The second kappa shape index (κ2) is 13.6. The summed E-state index contributed by atoms with van der Waals surface area (Å²) in [5.74, 6) is -0.399. The van der Waals surface area contributed by atoms with Crippen LogP contribution in [0.4, 0.5) is 4.79 Å². The van der Waals surface area contributed by atoms with Crippen LogP contribution in [-0.4, -0.2) is 73.2 Å². The third-order valence-corrected chi connectivity index (χ3v) is 13.2. The second-order valence-electron chi connectivity index (χ2n) is 12.4. The number of ether oxygens (including phenoxy) is 3. The first-order chi connectivity index (χ1) is 16.9. The van der Waals surface area contributed by atoms with E-state index in [1.54, 1.807) is 26.8 Å².